The van der Waals surface area contributed by atoms with Gasteiger partial charge in [-0.25, -0.2) is 4.79 Å². The van der Waals surface area contributed by atoms with Crippen molar-refractivity contribution >= 4 is 5.97 Å². The van der Waals surface area contributed by atoms with E-state index >= 15 is 0 Å². The van der Waals surface area contributed by atoms with Crippen LogP contribution in [-0.2, 0) is 0 Å². The molecule has 1 aliphatic rings. The first kappa shape index (κ1) is 15.8. The molecule has 21 heavy (non-hydrogen) atoms. The summed E-state index contributed by atoms with van der Waals surface area (Å²) in [5.41, 5.74) is 0.221. The average Bonchev–Trinajstić information content (AvgIpc) is 2.47. The van der Waals surface area contributed by atoms with Gasteiger partial charge in [0.1, 0.15) is 17.9 Å². The molecule has 0 heterocycles. The Morgan fingerprint density at radius 3 is 2.95 bits per heavy atom. The fourth-order valence-electron chi connectivity index (χ4n) is 3.05. The minimum Gasteiger partial charge on any atom is -0.491 e. The Bertz CT molecular complexity index is 461. The van der Waals surface area contributed by atoms with Crippen molar-refractivity contribution in [1.29, 1.82) is 0 Å². The summed E-state index contributed by atoms with van der Waals surface area (Å²) in [5.74, 6) is 1.12. The van der Waals surface area contributed by atoms with Crippen molar-refractivity contribution in [3.63, 3.8) is 0 Å². The number of carboxylic acids is 1. The first-order valence-electron chi connectivity index (χ1n) is 7.82. The largest absolute Gasteiger partial charge is 0.491 e. The quantitative estimate of drug-likeness (QED) is 0.758. The smallest absolute Gasteiger partial charge is 0.339 e. The molecule has 1 aromatic carbocycles. The summed E-state index contributed by atoms with van der Waals surface area (Å²) in [6, 6.07) is 6.76. The molecule has 2 unspecified atom stereocenters. The monoisotopic (exact) mass is 291 g/mol. The van der Waals surface area contributed by atoms with E-state index in [1.807, 2.05) is 0 Å². The van der Waals surface area contributed by atoms with E-state index in [4.69, 9.17) is 9.84 Å². The molecule has 0 aromatic heterocycles. The summed E-state index contributed by atoms with van der Waals surface area (Å²) in [6.45, 7) is 4.61. The van der Waals surface area contributed by atoms with Gasteiger partial charge in [0.2, 0.25) is 0 Å². The van der Waals surface area contributed by atoms with Crippen molar-refractivity contribution in [3.05, 3.63) is 29.8 Å². The molecule has 2 N–H and O–H groups in total. The Balaban J connectivity index is 1.67. The zero-order chi connectivity index (χ0) is 15.1. The maximum absolute atomic E-state index is 11.1. The zero-order valence-corrected chi connectivity index (χ0v) is 12.7. The van der Waals surface area contributed by atoms with Crippen LogP contribution in [0.2, 0.25) is 0 Å². The third-order valence-corrected chi connectivity index (χ3v) is 4.13. The first-order chi connectivity index (χ1) is 10.2. The zero-order valence-electron chi connectivity index (χ0n) is 12.7. The second-order valence-corrected chi connectivity index (χ2v) is 5.99. The van der Waals surface area contributed by atoms with E-state index in [0.717, 1.165) is 24.9 Å². The van der Waals surface area contributed by atoms with Gasteiger partial charge in [0, 0.05) is 6.54 Å². The molecule has 2 rings (SSSR count). The van der Waals surface area contributed by atoms with Gasteiger partial charge in [-0.05, 0) is 43.4 Å². The lowest BCUT2D eigenvalue weighted by Gasteiger charge is -2.26. The van der Waals surface area contributed by atoms with Crippen molar-refractivity contribution in [1.82, 2.24) is 5.32 Å². The Kier molecular flexibility index (Phi) is 6.05. The molecule has 1 saturated carbocycles. The van der Waals surface area contributed by atoms with Crippen molar-refractivity contribution in [2.24, 2.45) is 11.8 Å². The summed E-state index contributed by atoms with van der Waals surface area (Å²) in [7, 11) is 0. The van der Waals surface area contributed by atoms with E-state index in [-0.39, 0.29) is 5.56 Å². The van der Waals surface area contributed by atoms with Crippen LogP contribution in [-0.4, -0.2) is 30.8 Å². The van der Waals surface area contributed by atoms with Crippen LogP contribution in [0, 0.1) is 11.8 Å². The molecule has 0 aliphatic heterocycles. The molecule has 1 aromatic rings. The molecule has 0 saturated heterocycles. The van der Waals surface area contributed by atoms with E-state index in [9.17, 15) is 4.79 Å². The molecule has 4 nitrogen and oxygen atoms in total. The average molecular weight is 291 g/mol. The SMILES string of the molecule is CC1CCCC(CNCCOc2ccccc2C(=O)O)C1. The van der Waals surface area contributed by atoms with Gasteiger partial charge >= 0.3 is 5.97 Å². The van der Waals surface area contributed by atoms with Gasteiger partial charge in [0.25, 0.3) is 0 Å². The van der Waals surface area contributed by atoms with Crippen LogP contribution in [0.1, 0.15) is 43.0 Å². The normalized spacial score (nSPS) is 22.0. The second kappa shape index (κ2) is 8.03. The van der Waals surface area contributed by atoms with Crippen molar-refractivity contribution in [2.75, 3.05) is 19.7 Å². The predicted octanol–water partition coefficient (Wildman–Crippen LogP) is 3.18. The summed E-state index contributed by atoms with van der Waals surface area (Å²) >= 11 is 0. The first-order valence-corrected chi connectivity index (χ1v) is 7.82. The molecular weight excluding hydrogens is 266 g/mol. The summed E-state index contributed by atoms with van der Waals surface area (Å²) in [5, 5.41) is 12.5. The number of ether oxygens (including phenoxy) is 1. The highest BCUT2D eigenvalue weighted by Crippen LogP contribution is 2.27. The van der Waals surface area contributed by atoms with Crippen LogP contribution in [0.3, 0.4) is 0 Å². The van der Waals surface area contributed by atoms with Gasteiger partial charge in [0.05, 0.1) is 0 Å². The maximum Gasteiger partial charge on any atom is 0.339 e. The molecule has 0 radical (unpaired) electrons. The maximum atomic E-state index is 11.1. The summed E-state index contributed by atoms with van der Waals surface area (Å²) in [4.78, 5) is 11.1. The number of benzene rings is 1. The summed E-state index contributed by atoms with van der Waals surface area (Å²) in [6.07, 6.45) is 5.34. The Hall–Kier alpha value is -1.55. The number of para-hydroxylation sites is 1. The number of hydrogen-bond donors (Lipinski definition) is 2. The molecule has 0 spiro atoms. The van der Waals surface area contributed by atoms with Crippen LogP contribution in [0.25, 0.3) is 0 Å². The van der Waals surface area contributed by atoms with Crippen molar-refractivity contribution in [3.8, 4) is 5.75 Å². The van der Waals surface area contributed by atoms with Crippen LogP contribution >= 0.6 is 0 Å². The Morgan fingerprint density at radius 1 is 1.38 bits per heavy atom. The number of rotatable bonds is 7. The molecule has 0 amide bonds. The van der Waals surface area contributed by atoms with Gasteiger partial charge in [0.15, 0.2) is 0 Å². The number of carbonyl (C=O) groups is 1. The highest BCUT2D eigenvalue weighted by molar-refractivity contribution is 5.90. The van der Waals surface area contributed by atoms with Crippen LogP contribution in [0.4, 0.5) is 0 Å². The van der Waals surface area contributed by atoms with Gasteiger partial charge in [-0.1, -0.05) is 31.9 Å². The molecule has 2 atom stereocenters. The fourth-order valence-corrected chi connectivity index (χ4v) is 3.05. The van der Waals surface area contributed by atoms with Crippen LogP contribution < -0.4 is 10.1 Å². The lowest BCUT2D eigenvalue weighted by Crippen LogP contribution is -2.29. The third kappa shape index (κ3) is 5.05. The molecule has 1 fully saturated rings. The van der Waals surface area contributed by atoms with E-state index < -0.39 is 5.97 Å². The lowest BCUT2D eigenvalue weighted by molar-refractivity contribution is 0.0692. The van der Waals surface area contributed by atoms with Gasteiger partial charge in [-0.2, -0.15) is 0 Å². The highest BCUT2D eigenvalue weighted by atomic mass is 16.5. The van der Waals surface area contributed by atoms with Crippen LogP contribution in [0.5, 0.6) is 5.75 Å². The minimum atomic E-state index is -0.949. The number of aromatic carboxylic acids is 1. The molecule has 4 heteroatoms. The van der Waals surface area contributed by atoms with Gasteiger partial charge in [-0.3, -0.25) is 0 Å². The van der Waals surface area contributed by atoms with Gasteiger partial charge in [-0.15, -0.1) is 0 Å². The minimum absolute atomic E-state index is 0.221. The van der Waals surface area contributed by atoms with E-state index in [2.05, 4.69) is 12.2 Å². The van der Waals surface area contributed by atoms with E-state index in [0.29, 0.717) is 12.4 Å². The molecule has 1 aliphatic carbocycles. The second-order valence-electron chi connectivity index (χ2n) is 5.99. The third-order valence-electron chi connectivity index (χ3n) is 4.13. The summed E-state index contributed by atoms with van der Waals surface area (Å²) < 4.78 is 5.57. The van der Waals surface area contributed by atoms with Gasteiger partial charge < -0.3 is 15.2 Å². The number of carboxylic acid groups (broad SMARTS) is 1. The predicted molar refractivity (Wildman–Crippen MR) is 82.9 cm³/mol. The Labute approximate surface area is 126 Å². The van der Waals surface area contributed by atoms with Crippen molar-refractivity contribution in [2.45, 2.75) is 32.6 Å². The number of hydrogen-bond acceptors (Lipinski definition) is 3. The van der Waals surface area contributed by atoms with E-state index in [1.165, 1.54) is 25.7 Å². The molecule has 0 bridgehead atoms. The Morgan fingerprint density at radius 2 is 2.19 bits per heavy atom. The molecular formula is C17H25NO3. The van der Waals surface area contributed by atoms with Crippen LogP contribution in [0.15, 0.2) is 24.3 Å². The topological polar surface area (TPSA) is 58.6 Å². The molecule has 116 valence electrons. The standard InChI is InChI=1S/C17H25NO3/c1-13-5-4-6-14(11-13)12-18-9-10-21-16-8-3-2-7-15(16)17(19)20/h2-3,7-8,13-14,18H,4-6,9-12H2,1H3,(H,19,20). The lowest BCUT2D eigenvalue weighted by atomic mass is 9.82. The number of nitrogens with one attached hydrogen (secondary N) is 1. The highest BCUT2D eigenvalue weighted by Gasteiger charge is 2.18. The van der Waals surface area contributed by atoms with Crippen molar-refractivity contribution < 1.29 is 14.6 Å². The fraction of sp³-hybridized carbons (Fsp3) is 0.588. The van der Waals surface area contributed by atoms with E-state index in [1.54, 1.807) is 24.3 Å².